The van der Waals surface area contributed by atoms with Crippen LogP contribution in [0.1, 0.15) is 50.6 Å². The summed E-state index contributed by atoms with van der Waals surface area (Å²) in [6, 6.07) is -0.0390. The van der Waals surface area contributed by atoms with Gasteiger partial charge in [-0.2, -0.15) is 0 Å². The number of carbonyl (C=O) groups excluding carboxylic acids is 1. The predicted octanol–water partition coefficient (Wildman–Crippen LogP) is 2.48. The van der Waals surface area contributed by atoms with E-state index < -0.39 is 0 Å². The second-order valence-electron chi connectivity index (χ2n) is 4.65. The van der Waals surface area contributed by atoms with Gasteiger partial charge in [-0.3, -0.25) is 4.79 Å². The minimum atomic E-state index is -0.0390. The summed E-state index contributed by atoms with van der Waals surface area (Å²) in [4.78, 5) is 16.1. The average molecular weight is 253 g/mol. The van der Waals surface area contributed by atoms with E-state index in [1.807, 2.05) is 5.38 Å². The van der Waals surface area contributed by atoms with Crippen LogP contribution in [0.5, 0.6) is 0 Å². The van der Waals surface area contributed by atoms with Crippen LogP contribution in [0, 0.1) is 0 Å². The highest BCUT2D eigenvalue weighted by Gasteiger charge is 2.26. The maximum Gasteiger partial charge on any atom is 0.227 e. The molecule has 2 rings (SSSR count). The number of hydrogen-bond acceptors (Lipinski definition) is 4. The van der Waals surface area contributed by atoms with E-state index in [0.29, 0.717) is 17.5 Å². The van der Waals surface area contributed by atoms with Gasteiger partial charge in [0.15, 0.2) is 5.13 Å². The van der Waals surface area contributed by atoms with Gasteiger partial charge in [0.05, 0.1) is 5.69 Å². The van der Waals surface area contributed by atoms with E-state index in [9.17, 15) is 4.79 Å². The number of nitrogens with zero attached hydrogens (tertiary/aromatic N) is 1. The Hall–Kier alpha value is -0.940. The predicted molar refractivity (Wildman–Crippen MR) is 70.2 cm³/mol. The van der Waals surface area contributed by atoms with Gasteiger partial charge in [0.25, 0.3) is 0 Å². The highest BCUT2D eigenvalue weighted by molar-refractivity contribution is 7.13. The van der Waals surface area contributed by atoms with Crippen molar-refractivity contribution in [3.8, 4) is 0 Å². The van der Waals surface area contributed by atoms with Crippen molar-refractivity contribution in [2.45, 2.75) is 51.0 Å². The maximum absolute atomic E-state index is 11.7. The number of nitrogens with one attached hydrogen (secondary N) is 1. The zero-order valence-corrected chi connectivity index (χ0v) is 10.9. The molecule has 1 saturated carbocycles. The molecule has 4 nitrogen and oxygen atoms in total. The standard InChI is InChI=1S/C12H19N3OS/c1-2-3-9(13)6-11(16)15-12-14-10(7-17-12)8-4-5-8/h7-9H,2-6,13H2,1H3,(H,14,15,16). The van der Waals surface area contributed by atoms with Crippen LogP contribution >= 0.6 is 11.3 Å². The molecule has 1 aromatic heterocycles. The number of amides is 1. The third kappa shape index (κ3) is 3.78. The Morgan fingerprint density at radius 2 is 2.47 bits per heavy atom. The molecule has 1 unspecified atom stereocenters. The van der Waals surface area contributed by atoms with Crippen molar-refractivity contribution in [1.29, 1.82) is 0 Å². The molecule has 5 heteroatoms. The van der Waals surface area contributed by atoms with Crippen LogP contribution in [0.15, 0.2) is 5.38 Å². The molecule has 0 radical (unpaired) electrons. The molecular formula is C12H19N3OS. The summed E-state index contributed by atoms with van der Waals surface area (Å²) in [7, 11) is 0. The van der Waals surface area contributed by atoms with Crippen molar-refractivity contribution in [1.82, 2.24) is 4.98 Å². The Bertz CT molecular complexity index is 387. The maximum atomic E-state index is 11.7. The van der Waals surface area contributed by atoms with Gasteiger partial charge in [-0.05, 0) is 19.3 Å². The minimum Gasteiger partial charge on any atom is -0.327 e. The molecule has 1 aliphatic carbocycles. The Balaban J connectivity index is 1.80. The fraction of sp³-hybridized carbons (Fsp3) is 0.667. The van der Waals surface area contributed by atoms with Crippen LogP contribution in [0.2, 0.25) is 0 Å². The smallest absolute Gasteiger partial charge is 0.227 e. The number of carbonyl (C=O) groups is 1. The Labute approximate surface area is 106 Å². The Kier molecular flexibility index (Phi) is 4.12. The van der Waals surface area contributed by atoms with Crippen LogP contribution in [0.4, 0.5) is 5.13 Å². The van der Waals surface area contributed by atoms with E-state index in [0.717, 1.165) is 18.5 Å². The average Bonchev–Trinajstić information content (AvgIpc) is 3.01. The number of hydrogen-bond donors (Lipinski definition) is 2. The molecule has 0 aliphatic heterocycles. The highest BCUT2D eigenvalue weighted by Crippen LogP contribution is 2.40. The molecule has 0 aromatic carbocycles. The molecule has 1 amide bonds. The third-order valence-electron chi connectivity index (χ3n) is 2.87. The number of aromatic nitrogens is 1. The van der Waals surface area contributed by atoms with E-state index in [2.05, 4.69) is 17.2 Å². The Morgan fingerprint density at radius 1 is 1.71 bits per heavy atom. The van der Waals surface area contributed by atoms with Crippen LogP contribution in [0.3, 0.4) is 0 Å². The number of thiazole rings is 1. The molecule has 1 aliphatic rings. The minimum absolute atomic E-state index is 0.0253. The first-order valence-corrected chi connectivity index (χ1v) is 7.08. The monoisotopic (exact) mass is 253 g/mol. The van der Waals surface area contributed by atoms with Crippen molar-refractivity contribution in [3.63, 3.8) is 0 Å². The van der Waals surface area contributed by atoms with Crippen molar-refractivity contribution in [2.24, 2.45) is 5.73 Å². The summed E-state index contributed by atoms with van der Waals surface area (Å²) in [5.41, 5.74) is 6.95. The Morgan fingerprint density at radius 3 is 3.12 bits per heavy atom. The molecule has 94 valence electrons. The SMILES string of the molecule is CCCC(N)CC(=O)Nc1nc(C2CC2)cs1. The van der Waals surface area contributed by atoms with E-state index in [-0.39, 0.29) is 11.9 Å². The molecular weight excluding hydrogens is 234 g/mol. The van der Waals surface area contributed by atoms with Gasteiger partial charge in [0.2, 0.25) is 5.91 Å². The van der Waals surface area contributed by atoms with E-state index >= 15 is 0 Å². The number of nitrogens with two attached hydrogens (primary N) is 1. The van der Waals surface area contributed by atoms with Crippen LogP contribution in [0.25, 0.3) is 0 Å². The second-order valence-corrected chi connectivity index (χ2v) is 5.51. The quantitative estimate of drug-likeness (QED) is 0.818. The summed E-state index contributed by atoms with van der Waals surface area (Å²) in [6.45, 7) is 2.07. The van der Waals surface area contributed by atoms with Gasteiger partial charge in [-0.15, -0.1) is 11.3 Å². The molecule has 1 heterocycles. The summed E-state index contributed by atoms with van der Waals surface area (Å²) in [5.74, 6) is 0.613. The van der Waals surface area contributed by atoms with E-state index in [1.165, 1.54) is 24.2 Å². The first-order valence-electron chi connectivity index (χ1n) is 6.20. The van der Waals surface area contributed by atoms with Gasteiger partial charge >= 0.3 is 0 Å². The van der Waals surface area contributed by atoms with Crippen LogP contribution in [-0.4, -0.2) is 16.9 Å². The van der Waals surface area contributed by atoms with Gasteiger partial charge < -0.3 is 11.1 Å². The first-order chi connectivity index (χ1) is 8.19. The molecule has 1 aromatic rings. The zero-order valence-electron chi connectivity index (χ0n) is 10.1. The normalized spacial score (nSPS) is 16.8. The lowest BCUT2D eigenvalue weighted by Crippen LogP contribution is -2.26. The first kappa shape index (κ1) is 12.5. The van der Waals surface area contributed by atoms with E-state index in [4.69, 9.17) is 5.73 Å². The van der Waals surface area contributed by atoms with E-state index in [1.54, 1.807) is 0 Å². The zero-order chi connectivity index (χ0) is 12.3. The molecule has 0 bridgehead atoms. The number of rotatable bonds is 6. The van der Waals surface area contributed by atoms with Crippen LogP contribution in [-0.2, 0) is 4.79 Å². The molecule has 3 N–H and O–H groups in total. The van der Waals surface area contributed by atoms with Crippen molar-refractivity contribution >= 4 is 22.4 Å². The molecule has 1 atom stereocenters. The summed E-state index contributed by atoms with van der Waals surface area (Å²) < 4.78 is 0. The third-order valence-corrected chi connectivity index (χ3v) is 3.65. The summed E-state index contributed by atoms with van der Waals surface area (Å²) in [6.07, 6.45) is 4.75. The van der Waals surface area contributed by atoms with Crippen LogP contribution < -0.4 is 11.1 Å². The summed E-state index contributed by atoms with van der Waals surface area (Å²) in [5, 5.41) is 5.57. The van der Waals surface area contributed by atoms with Gasteiger partial charge in [-0.25, -0.2) is 4.98 Å². The van der Waals surface area contributed by atoms with Crippen molar-refractivity contribution < 1.29 is 4.79 Å². The molecule has 0 saturated heterocycles. The van der Waals surface area contributed by atoms with Crippen molar-refractivity contribution in [2.75, 3.05) is 5.32 Å². The lowest BCUT2D eigenvalue weighted by Gasteiger charge is -2.08. The molecule has 17 heavy (non-hydrogen) atoms. The topological polar surface area (TPSA) is 68.0 Å². The van der Waals surface area contributed by atoms with Gasteiger partial charge in [0, 0.05) is 23.8 Å². The van der Waals surface area contributed by atoms with Crippen molar-refractivity contribution in [3.05, 3.63) is 11.1 Å². The highest BCUT2D eigenvalue weighted by atomic mass is 32.1. The molecule has 0 spiro atoms. The van der Waals surface area contributed by atoms with Gasteiger partial charge in [0.1, 0.15) is 0 Å². The lowest BCUT2D eigenvalue weighted by atomic mass is 10.1. The summed E-state index contributed by atoms with van der Waals surface area (Å²) >= 11 is 1.50. The lowest BCUT2D eigenvalue weighted by molar-refractivity contribution is -0.116. The number of anilines is 1. The second kappa shape index (κ2) is 5.60. The molecule has 1 fully saturated rings. The largest absolute Gasteiger partial charge is 0.327 e. The fourth-order valence-corrected chi connectivity index (χ4v) is 2.60. The fourth-order valence-electron chi connectivity index (χ4n) is 1.79. The van der Waals surface area contributed by atoms with Gasteiger partial charge in [-0.1, -0.05) is 13.3 Å².